The highest BCUT2D eigenvalue weighted by molar-refractivity contribution is 5.72. The summed E-state index contributed by atoms with van der Waals surface area (Å²) < 4.78 is 18.0. The highest BCUT2D eigenvalue weighted by Gasteiger charge is 2.25. The van der Waals surface area contributed by atoms with Crippen LogP contribution in [0, 0.1) is 0 Å². The Morgan fingerprint density at radius 2 is 1.85 bits per heavy atom. The van der Waals surface area contributed by atoms with Gasteiger partial charge < -0.3 is 13.9 Å². The van der Waals surface area contributed by atoms with Crippen molar-refractivity contribution in [1.82, 2.24) is 9.47 Å². The van der Waals surface area contributed by atoms with Crippen molar-refractivity contribution in [2.45, 2.75) is 25.4 Å². The molecule has 1 atom stereocenters. The van der Waals surface area contributed by atoms with Crippen LogP contribution in [0.5, 0.6) is 11.5 Å². The Labute approximate surface area is 157 Å². The molecule has 6 heteroatoms. The molecule has 1 aliphatic heterocycles. The lowest BCUT2D eigenvalue weighted by molar-refractivity contribution is 0.167. The summed E-state index contributed by atoms with van der Waals surface area (Å²) in [5, 5.41) is 0. The lowest BCUT2D eigenvalue weighted by Crippen LogP contribution is -2.38. The number of para-hydroxylation sites is 2. The van der Waals surface area contributed by atoms with Gasteiger partial charge in [-0.1, -0.05) is 12.1 Å². The number of likely N-dealkylation sites (tertiary alicyclic amines) is 1. The fourth-order valence-corrected chi connectivity index (χ4v) is 3.93. The number of nitrogens with zero attached hydrogens (tertiary/aromatic N) is 2. The minimum atomic E-state index is -0.272. The van der Waals surface area contributed by atoms with E-state index in [4.69, 9.17) is 13.9 Å². The van der Waals surface area contributed by atoms with Crippen LogP contribution in [0.4, 0.5) is 0 Å². The van der Waals surface area contributed by atoms with E-state index in [1.54, 1.807) is 14.2 Å². The van der Waals surface area contributed by atoms with E-state index in [2.05, 4.69) is 4.90 Å². The molecular weight excluding hydrogens is 344 g/mol. The van der Waals surface area contributed by atoms with Crippen molar-refractivity contribution in [3.63, 3.8) is 0 Å². The second-order valence-electron chi connectivity index (χ2n) is 6.96. The third kappa shape index (κ3) is 3.57. The normalized spacial score (nSPS) is 17.9. The summed E-state index contributed by atoms with van der Waals surface area (Å²) in [4.78, 5) is 14.8. The number of ether oxygens (including phenoxy) is 2. The van der Waals surface area contributed by atoms with Gasteiger partial charge in [-0.05, 0) is 49.2 Å². The molecule has 0 spiro atoms. The number of aromatic nitrogens is 1. The minimum Gasteiger partial charge on any atom is -0.497 e. The fourth-order valence-electron chi connectivity index (χ4n) is 3.93. The molecule has 0 amide bonds. The van der Waals surface area contributed by atoms with Crippen molar-refractivity contribution in [3.8, 4) is 11.5 Å². The van der Waals surface area contributed by atoms with E-state index in [0.717, 1.165) is 55.1 Å². The molecule has 6 nitrogen and oxygen atoms in total. The van der Waals surface area contributed by atoms with E-state index >= 15 is 0 Å². The third-order valence-electron chi connectivity index (χ3n) is 5.18. The molecule has 1 saturated heterocycles. The van der Waals surface area contributed by atoms with Gasteiger partial charge in [0.25, 0.3) is 0 Å². The molecule has 1 unspecified atom stereocenters. The Hall–Kier alpha value is -2.73. The van der Waals surface area contributed by atoms with Crippen LogP contribution in [-0.2, 0) is 6.54 Å². The first-order valence-corrected chi connectivity index (χ1v) is 9.22. The lowest BCUT2D eigenvalue weighted by Gasteiger charge is -2.33. The standard InChI is InChI=1S/C21H24N2O4/c1-25-17-10-15(11-18(12-17)26-2)13-22-9-5-6-16(14-22)23-19-7-3-4-8-20(19)27-21(23)24/h3-4,7-8,10-12,16H,5-6,9,13-14H2,1-2H3. The summed E-state index contributed by atoms with van der Waals surface area (Å²) in [5.74, 6) is 1.30. The monoisotopic (exact) mass is 368 g/mol. The Balaban J connectivity index is 1.57. The molecule has 0 aliphatic carbocycles. The maximum Gasteiger partial charge on any atom is 0.420 e. The number of oxazole rings is 1. The number of hydrogen-bond donors (Lipinski definition) is 0. The number of hydrogen-bond acceptors (Lipinski definition) is 5. The van der Waals surface area contributed by atoms with Crippen molar-refractivity contribution in [2.75, 3.05) is 27.3 Å². The summed E-state index contributed by atoms with van der Waals surface area (Å²) in [6.45, 7) is 2.60. The van der Waals surface area contributed by atoms with E-state index in [-0.39, 0.29) is 11.8 Å². The highest BCUT2D eigenvalue weighted by atomic mass is 16.5. The van der Waals surface area contributed by atoms with Crippen molar-refractivity contribution in [2.24, 2.45) is 0 Å². The molecule has 2 aromatic carbocycles. The zero-order valence-electron chi connectivity index (χ0n) is 15.7. The van der Waals surface area contributed by atoms with Crippen LogP contribution in [-0.4, -0.2) is 36.8 Å². The van der Waals surface area contributed by atoms with Crippen LogP contribution in [0.1, 0.15) is 24.4 Å². The van der Waals surface area contributed by atoms with Crippen LogP contribution in [0.25, 0.3) is 11.1 Å². The van der Waals surface area contributed by atoms with E-state index < -0.39 is 0 Å². The smallest absolute Gasteiger partial charge is 0.420 e. The van der Waals surface area contributed by atoms with Crippen LogP contribution in [0.15, 0.2) is 51.7 Å². The summed E-state index contributed by atoms with van der Waals surface area (Å²) >= 11 is 0. The predicted molar refractivity (Wildman–Crippen MR) is 104 cm³/mol. The van der Waals surface area contributed by atoms with Crippen molar-refractivity contribution in [3.05, 3.63) is 58.6 Å². The van der Waals surface area contributed by atoms with Gasteiger partial charge in [0, 0.05) is 19.2 Å². The van der Waals surface area contributed by atoms with Crippen LogP contribution >= 0.6 is 0 Å². The number of fused-ring (bicyclic) bond motifs is 1. The predicted octanol–water partition coefficient (Wildman–Crippen LogP) is 3.45. The lowest BCUT2D eigenvalue weighted by atomic mass is 10.0. The van der Waals surface area contributed by atoms with Gasteiger partial charge in [-0.2, -0.15) is 0 Å². The van der Waals surface area contributed by atoms with Gasteiger partial charge >= 0.3 is 5.76 Å². The first-order chi connectivity index (χ1) is 13.2. The molecule has 0 saturated carbocycles. The first kappa shape index (κ1) is 17.7. The van der Waals surface area contributed by atoms with Gasteiger partial charge in [-0.3, -0.25) is 9.47 Å². The Kier molecular flexibility index (Phi) is 4.90. The molecule has 1 fully saturated rings. The van der Waals surface area contributed by atoms with E-state index in [0.29, 0.717) is 5.58 Å². The second-order valence-corrected chi connectivity index (χ2v) is 6.96. The number of rotatable bonds is 5. The summed E-state index contributed by atoms with van der Waals surface area (Å²) in [6.07, 6.45) is 2.01. The largest absolute Gasteiger partial charge is 0.497 e. The number of benzene rings is 2. The molecule has 0 radical (unpaired) electrons. The molecule has 2 heterocycles. The molecular formula is C21H24N2O4. The molecule has 0 N–H and O–H groups in total. The van der Waals surface area contributed by atoms with Gasteiger partial charge in [-0.25, -0.2) is 4.79 Å². The first-order valence-electron chi connectivity index (χ1n) is 9.22. The third-order valence-corrected chi connectivity index (χ3v) is 5.18. The topological polar surface area (TPSA) is 56.8 Å². The zero-order chi connectivity index (χ0) is 18.8. The van der Waals surface area contributed by atoms with E-state index in [1.807, 2.05) is 47.0 Å². The Morgan fingerprint density at radius 1 is 1.11 bits per heavy atom. The van der Waals surface area contributed by atoms with Crippen LogP contribution in [0.3, 0.4) is 0 Å². The average molecular weight is 368 g/mol. The molecule has 1 aliphatic rings. The average Bonchev–Trinajstić information content (AvgIpc) is 3.03. The molecule has 4 rings (SSSR count). The quantitative estimate of drug-likeness (QED) is 0.690. The SMILES string of the molecule is COc1cc(CN2CCCC(n3c(=O)oc4ccccc43)C2)cc(OC)c1. The summed E-state index contributed by atoms with van der Waals surface area (Å²) in [6, 6.07) is 13.7. The van der Waals surface area contributed by atoms with Gasteiger partial charge in [0.05, 0.1) is 25.8 Å². The highest BCUT2D eigenvalue weighted by Crippen LogP contribution is 2.28. The number of piperidine rings is 1. The number of methoxy groups -OCH3 is 2. The summed E-state index contributed by atoms with van der Waals surface area (Å²) in [7, 11) is 3.32. The maximum absolute atomic E-state index is 12.4. The molecule has 27 heavy (non-hydrogen) atoms. The van der Waals surface area contributed by atoms with Gasteiger partial charge in [0.15, 0.2) is 5.58 Å². The second kappa shape index (κ2) is 7.48. The van der Waals surface area contributed by atoms with Crippen molar-refractivity contribution >= 4 is 11.1 Å². The van der Waals surface area contributed by atoms with Crippen molar-refractivity contribution in [1.29, 1.82) is 0 Å². The minimum absolute atomic E-state index is 0.113. The molecule has 1 aromatic heterocycles. The Morgan fingerprint density at radius 3 is 2.59 bits per heavy atom. The Bertz CT molecular complexity index is 969. The molecule has 3 aromatic rings. The van der Waals surface area contributed by atoms with Gasteiger partial charge in [0.2, 0.25) is 0 Å². The summed E-state index contributed by atoms with van der Waals surface area (Å²) in [5.41, 5.74) is 2.66. The maximum atomic E-state index is 12.4. The fraction of sp³-hybridized carbons (Fsp3) is 0.381. The molecule has 0 bridgehead atoms. The van der Waals surface area contributed by atoms with Gasteiger partial charge in [0.1, 0.15) is 11.5 Å². The van der Waals surface area contributed by atoms with Crippen LogP contribution < -0.4 is 15.2 Å². The van der Waals surface area contributed by atoms with Gasteiger partial charge in [-0.15, -0.1) is 0 Å². The van der Waals surface area contributed by atoms with Crippen LogP contribution in [0.2, 0.25) is 0 Å². The molecule has 142 valence electrons. The van der Waals surface area contributed by atoms with E-state index in [1.165, 1.54) is 0 Å². The zero-order valence-corrected chi connectivity index (χ0v) is 15.7. The van der Waals surface area contributed by atoms with E-state index in [9.17, 15) is 4.79 Å². The van der Waals surface area contributed by atoms with Crippen molar-refractivity contribution < 1.29 is 13.9 Å².